The molecular weight excluding hydrogens is 235 g/mol. The molecular formula is C13H13FN2O2. The number of benzene rings is 1. The molecule has 1 aromatic carbocycles. The van der Waals surface area contributed by atoms with Crippen LogP contribution in [0.2, 0.25) is 0 Å². The summed E-state index contributed by atoms with van der Waals surface area (Å²) >= 11 is 0. The van der Waals surface area contributed by atoms with Crippen molar-refractivity contribution in [3.63, 3.8) is 0 Å². The van der Waals surface area contributed by atoms with Crippen LogP contribution >= 0.6 is 0 Å². The smallest absolute Gasteiger partial charge is 0.323 e. The lowest BCUT2D eigenvalue weighted by atomic mass is 9.98. The van der Waals surface area contributed by atoms with Crippen molar-refractivity contribution < 1.29 is 13.9 Å². The maximum atomic E-state index is 13.3. The number of aromatic nitrogens is 1. The first-order chi connectivity index (χ1) is 8.69. The average molecular weight is 248 g/mol. The Morgan fingerprint density at radius 1 is 1.50 bits per heavy atom. The highest BCUT2D eigenvalue weighted by molar-refractivity contribution is 5.86. The number of H-pyrrole nitrogens is 1. The van der Waals surface area contributed by atoms with E-state index < -0.39 is 0 Å². The maximum Gasteiger partial charge on any atom is 0.323 e. The van der Waals surface area contributed by atoms with Crippen molar-refractivity contribution in [2.24, 2.45) is 0 Å². The molecule has 0 unspecified atom stereocenters. The van der Waals surface area contributed by atoms with E-state index >= 15 is 0 Å². The van der Waals surface area contributed by atoms with Crippen LogP contribution in [0.3, 0.4) is 0 Å². The zero-order valence-corrected chi connectivity index (χ0v) is 9.92. The fraction of sp³-hybridized carbons (Fsp3) is 0.308. The first-order valence-corrected chi connectivity index (χ1v) is 5.79. The molecule has 0 bridgehead atoms. The van der Waals surface area contributed by atoms with Crippen LogP contribution in [0.4, 0.5) is 4.39 Å². The average Bonchev–Trinajstić information content (AvgIpc) is 2.75. The molecule has 2 heterocycles. The fourth-order valence-electron chi connectivity index (χ4n) is 2.47. The molecule has 3 rings (SSSR count). The van der Waals surface area contributed by atoms with Gasteiger partial charge in [-0.1, -0.05) is 0 Å². The van der Waals surface area contributed by atoms with E-state index in [2.05, 4.69) is 10.3 Å². The molecule has 4 nitrogen and oxygen atoms in total. The van der Waals surface area contributed by atoms with Gasteiger partial charge in [-0.3, -0.25) is 10.1 Å². The number of halogens is 1. The minimum absolute atomic E-state index is 0.266. The zero-order valence-electron chi connectivity index (χ0n) is 9.92. The molecule has 0 saturated heterocycles. The van der Waals surface area contributed by atoms with Crippen LogP contribution < -0.4 is 5.32 Å². The van der Waals surface area contributed by atoms with E-state index in [-0.39, 0.29) is 17.8 Å². The molecule has 0 fully saturated rings. The van der Waals surface area contributed by atoms with Crippen molar-refractivity contribution in [2.75, 3.05) is 7.11 Å². The summed E-state index contributed by atoms with van der Waals surface area (Å²) in [5.74, 6) is -0.552. The third-order valence-corrected chi connectivity index (χ3v) is 3.38. The standard InChI is InChI=1S/C13H13FN2O2/c1-18-13(17)11-5-9-8-4-7(14)2-3-10(8)16-12(9)6-15-11/h2-4,11,15-16H,5-6H2,1H3/t11-/m1/s1. The predicted molar refractivity (Wildman–Crippen MR) is 64.6 cm³/mol. The monoisotopic (exact) mass is 248 g/mol. The number of methoxy groups -OCH3 is 1. The first kappa shape index (κ1) is 11.2. The molecule has 0 amide bonds. The van der Waals surface area contributed by atoms with Crippen LogP contribution in [-0.4, -0.2) is 24.1 Å². The normalized spacial score (nSPS) is 18.7. The van der Waals surface area contributed by atoms with Gasteiger partial charge in [0.15, 0.2) is 0 Å². The number of nitrogens with one attached hydrogen (secondary N) is 2. The number of aromatic amines is 1. The summed E-state index contributed by atoms with van der Waals surface area (Å²) in [6.07, 6.45) is 0.519. The van der Waals surface area contributed by atoms with E-state index in [1.54, 1.807) is 6.07 Å². The van der Waals surface area contributed by atoms with Gasteiger partial charge in [0.05, 0.1) is 7.11 Å². The number of hydrogen-bond acceptors (Lipinski definition) is 3. The summed E-state index contributed by atoms with van der Waals surface area (Å²) in [6.45, 7) is 0.561. The molecule has 0 aliphatic carbocycles. The highest BCUT2D eigenvalue weighted by atomic mass is 19.1. The van der Waals surface area contributed by atoms with Gasteiger partial charge in [0.2, 0.25) is 0 Å². The second kappa shape index (κ2) is 4.10. The fourth-order valence-corrected chi connectivity index (χ4v) is 2.47. The molecule has 0 saturated carbocycles. The molecule has 0 radical (unpaired) electrons. The molecule has 1 aliphatic heterocycles. The van der Waals surface area contributed by atoms with Gasteiger partial charge in [-0.05, 0) is 23.8 Å². The van der Waals surface area contributed by atoms with Crippen molar-refractivity contribution >= 4 is 16.9 Å². The van der Waals surface area contributed by atoms with Gasteiger partial charge < -0.3 is 9.72 Å². The van der Waals surface area contributed by atoms with Crippen molar-refractivity contribution in [1.29, 1.82) is 0 Å². The molecule has 5 heteroatoms. The minimum Gasteiger partial charge on any atom is -0.468 e. The topological polar surface area (TPSA) is 54.1 Å². The van der Waals surface area contributed by atoms with Gasteiger partial charge in [0.1, 0.15) is 11.9 Å². The Hall–Kier alpha value is -1.88. The van der Waals surface area contributed by atoms with Crippen molar-refractivity contribution in [3.8, 4) is 0 Å². The van der Waals surface area contributed by atoms with Gasteiger partial charge in [-0.15, -0.1) is 0 Å². The molecule has 1 aliphatic rings. The Morgan fingerprint density at radius 3 is 3.11 bits per heavy atom. The first-order valence-electron chi connectivity index (χ1n) is 5.79. The van der Waals surface area contributed by atoms with Gasteiger partial charge in [-0.2, -0.15) is 0 Å². The molecule has 1 atom stereocenters. The van der Waals surface area contributed by atoms with Gasteiger partial charge >= 0.3 is 5.97 Å². The van der Waals surface area contributed by atoms with Crippen LogP contribution in [0.25, 0.3) is 10.9 Å². The van der Waals surface area contributed by atoms with Crippen LogP contribution in [0.5, 0.6) is 0 Å². The van der Waals surface area contributed by atoms with E-state index in [1.807, 2.05) is 0 Å². The number of hydrogen-bond donors (Lipinski definition) is 2. The van der Waals surface area contributed by atoms with Crippen LogP contribution in [0.15, 0.2) is 18.2 Å². The van der Waals surface area contributed by atoms with Crippen LogP contribution in [0.1, 0.15) is 11.3 Å². The molecule has 18 heavy (non-hydrogen) atoms. The van der Waals surface area contributed by atoms with E-state index in [0.717, 1.165) is 22.2 Å². The van der Waals surface area contributed by atoms with Crippen molar-refractivity contribution in [1.82, 2.24) is 10.3 Å². The Morgan fingerprint density at radius 2 is 2.33 bits per heavy atom. The summed E-state index contributed by atoms with van der Waals surface area (Å²) in [5, 5.41) is 3.95. The Balaban J connectivity index is 2.05. The van der Waals surface area contributed by atoms with Crippen molar-refractivity contribution in [2.45, 2.75) is 19.0 Å². The maximum absolute atomic E-state index is 13.3. The number of fused-ring (bicyclic) bond motifs is 3. The number of carbonyl (C=O) groups excluding carboxylic acids is 1. The predicted octanol–water partition coefficient (Wildman–Crippen LogP) is 1.49. The van der Waals surface area contributed by atoms with E-state index in [9.17, 15) is 9.18 Å². The lowest BCUT2D eigenvalue weighted by Gasteiger charge is -2.21. The lowest BCUT2D eigenvalue weighted by Crippen LogP contribution is -2.42. The number of ether oxygens (including phenoxy) is 1. The number of rotatable bonds is 1. The summed E-state index contributed by atoms with van der Waals surface area (Å²) in [6, 6.07) is 4.29. The second-order valence-corrected chi connectivity index (χ2v) is 4.43. The summed E-state index contributed by atoms with van der Waals surface area (Å²) in [5.41, 5.74) is 2.91. The van der Waals surface area contributed by atoms with Gasteiger partial charge in [-0.25, -0.2) is 4.39 Å². The highest BCUT2D eigenvalue weighted by Gasteiger charge is 2.27. The van der Waals surface area contributed by atoms with Gasteiger partial charge in [0, 0.05) is 29.6 Å². The molecule has 2 aromatic rings. The third-order valence-electron chi connectivity index (χ3n) is 3.38. The van der Waals surface area contributed by atoms with Crippen LogP contribution in [0, 0.1) is 5.82 Å². The molecule has 0 spiro atoms. The zero-order chi connectivity index (χ0) is 12.7. The van der Waals surface area contributed by atoms with E-state index in [0.29, 0.717) is 13.0 Å². The SMILES string of the molecule is COC(=O)[C@H]1Cc2c([nH]c3ccc(F)cc23)CN1. The Kier molecular flexibility index (Phi) is 2.56. The van der Waals surface area contributed by atoms with Crippen molar-refractivity contribution in [3.05, 3.63) is 35.3 Å². The second-order valence-electron chi connectivity index (χ2n) is 4.43. The quantitative estimate of drug-likeness (QED) is 0.752. The van der Waals surface area contributed by atoms with E-state index in [1.165, 1.54) is 19.2 Å². The van der Waals surface area contributed by atoms with Gasteiger partial charge in [0.25, 0.3) is 0 Å². The summed E-state index contributed by atoms with van der Waals surface area (Å²) < 4.78 is 18.0. The summed E-state index contributed by atoms with van der Waals surface area (Å²) in [4.78, 5) is 14.8. The summed E-state index contributed by atoms with van der Waals surface area (Å²) in [7, 11) is 1.37. The Bertz CT molecular complexity index is 621. The Labute approximate surface area is 103 Å². The number of carbonyl (C=O) groups is 1. The number of esters is 1. The van der Waals surface area contributed by atoms with E-state index in [4.69, 9.17) is 4.74 Å². The largest absolute Gasteiger partial charge is 0.468 e. The van der Waals surface area contributed by atoms with Crippen LogP contribution in [-0.2, 0) is 22.5 Å². The highest BCUT2D eigenvalue weighted by Crippen LogP contribution is 2.27. The third kappa shape index (κ3) is 1.67. The molecule has 1 aromatic heterocycles. The molecule has 94 valence electrons. The minimum atomic E-state index is -0.357. The lowest BCUT2D eigenvalue weighted by molar-refractivity contribution is -0.143. The molecule has 2 N–H and O–H groups in total.